The first-order valence-corrected chi connectivity index (χ1v) is 11.1. The number of nitrogens with two attached hydrogens (primary N) is 1. The van der Waals surface area contributed by atoms with Crippen LogP contribution in [-0.4, -0.2) is 68.2 Å². The van der Waals surface area contributed by atoms with E-state index in [1.807, 2.05) is 24.3 Å². The average molecular weight is 464 g/mol. The highest BCUT2D eigenvalue weighted by Gasteiger charge is 2.19. The van der Waals surface area contributed by atoms with Crippen LogP contribution in [0.25, 0.3) is 22.6 Å². The van der Waals surface area contributed by atoms with Crippen LogP contribution in [0.1, 0.15) is 17.3 Å². The lowest BCUT2D eigenvalue weighted by molar-refractivity contribution is -0.119. The van der Waals surface area contributed by atoms with Crippen LogP contribution in [0, 0.1) is 0 Å². The first kappa shape index (κ1) is 23.3. The number of methoxy groups -OCH3 is 1. The van der Waals surface area contributed by atoms with Crippen molar-refractivity contribution in [2.45, 2.75) is 13.0 Å². The summed E-state index contributed by atoms with van der Waals surface area (Å²) in [5.74, 6) is 0.276. The molecule has 1 fully saturated rings. The summed E-state index contributed by atoms with van der Waals surface area (Å²) in [6.45, 7) is 5.51. The van der Waals surface area contributed by atoms with Crippen LogP contribution < -0.4 is 20.7 Å². The molecule has 0 bridgehead atoms. The maximum absolute atomic E-state index is 12.4. The van der Waals surface area contributed by atoms with E-state index < -0.39 is 17.9 Å². The monoisotopic (exact) mass is 463 g/mol. The van der Waals surface area contributed by atoms with Crippen molar-refractivity contribution in [2.24, 2.45) is 5.73 Å². The molecule has 0 saturated carbocycles. The van der Waals surface area contributed by atoms with Gasteiger partial charge < -0.3 is 30.1 Å². The van der Waals surface area contributed by atoms with Gasteiger partial charge >= 0.3 is 0 Å². The van der Waals surface area contributed by atoms with E-state index in [1.54, 1.807) is 25.3 Å². The van der Waals surface area contributed by atoms with Gasteiger partial charge in [-0.15, -0.1) is 0 Å². The Bertz CT molecular complexity index is 1180. The number of piperazine rings is 1. The Kier molecular flexibility index (Phi) is 6.83. The lowest BCUT2D eigenvalue weighted by Crippen LogP contribution is -2.44. The van der Waals surface area contributed by atoms with Gasteiger partial charge in [0.2, 0.25) is 5.91 Å². The van der Waals surface area contributed by atoms with E-state index in [0.717, 1.165) is 37.4 Å². The molecule has 178 valence electrons. The number of amides is 2. The average Bonchev–Trinajstić information content (AvgIpc) is 3.34. The molecule has 4 rings (SSSR count). The smallest absolute Gasteiger partial charge is 0.251 e. The summed E-state index contributed by atoms with van der Waals surface area (Å²) >= 11 is 0. The molecule has 2 amide bonds. The first-order valence-electron chi connectivity index (χ1n) is 11.1. The highest BCUT2D eigenvalue weighted by Crippen LogP contribution is 2.36. The summed E-state index contributed by atoms with van der Waals surface area (Å²) in [4.78, 5) is 28.3. The molecular formula is C25H29N5O4. The van der Waals surface area contributed by atoms with Gasteiger partial charge in [0.25, 0.3) is 5.91 Å². The highest BCUT2D eigenvalue weighted by atomic mass is 16.5. The number of hydrogen-bond acceptors (Lipinski definition) is 7. The molecule has 3 aromatic rings. The van der Waals surface area contributed by atoms with E-state index in [9.17, 15) is 9.59 Å². The molecular weight excluding hydrogens is 434 g/mol. The second kappa shape index (κ2) is 9.96. The maximum Gasteiger partial charge on any atom is 0.251 e. The third-order valence-corrected chi connectivity index (χ3v) is 6.02. The molecule has 2 aromatic carbocycles. The summed E-state index contributed by atoms with van der Waals surface area (Å²) in [6.07, 6.45) is 0. The zero-order valence-electron chi connectivity index (χ0n) is 19.6. The van der Waals surface area contributed by atoms with Crippen molar-refractivity contribution in [1.29, 1.82) is 0 Å². The summed E-state index contributed by atoms with van der Waals surface area (Å²) in [6, 6.07) is 14.1. The molecule has 1 aliphatic rings. The van der Waals surface area contributed by atoms with Crippen molar-refractivity contribution in [3.63, 3.8) is 0 Å². The van der Waals surface area contributed by atoms with Crippen molar-refractivity contribution in [2.75, 3.05) is 45.2 Å². The van der Waals surface area contributed by atoms with Gasteiger partial charge in [-0.1, -0.05) is 17.3 Å². The minimum atomic E-state index is -0.768. The van der Waals surface area contributed by atoms with Gasteiger partial charge in [0.15, 0.2) is 5.76 Å². The predicted molar refractivity (Wildman–Crippen MR) is 130 cm³/mol. The van der Waals surface area contributed by atoms with Gasteiger partial charge in [0.1, 0.15) is 17.5 Å². The third-order valence-electron chi connectivity index (χ3n) is 6.02. The van der Waals surface area contributed by atoms with Crippen LogP contribution in [0.3, 0.4) is 0 Å². The van der Waals surface area contributed by atoms with Crippen molar-refractivity contribution in [1.82, 2.24) is 15.4 Å². The topological polar surface area (TPSA) is 114 Å². The number of aromatic nitrogens is 1. The van der Waals surface area contributed by atoms with Crippen LogP contribution in [-0.2, 0) is 4.79 Å². The molecule has 1 aliphatic heterocycles. The normalized spacial score (nSPS) is 15.1. The molecule has 0 spiro atoms. The maximum atomic E-state index is 12.4. The van der Waals surface area contributed by atoms with Crippen LogP contribution in [0.15, 0.2) is 53.1 Å². The number of anilines is 1. The number of nitrogens with zero attached hydrogens (tertiary/aromatic N) is 3. The summed E-state index contributed by atoms with van der Waals surface area (Å²) < 4.78 is 11.3. The van der Waals surface area contributed by atoms with Gasteiger partial charge in [0.05, 0.1) is 12.7 Å². The quantitative estimate of drug-likeness (QED) is 0.553. The Hall–Kier alpha value is -3.85. The Morgan fingerprint density at radius 2 is 1.88 bits per heavy atom. The molecule has 3 N–H and O–H groups in total. The SMILES string of the molecule is COc1cc(N2CCN(C)CC2)ccc1-c1cc(-c2cccc(C(=O)NC(C)C(N)=O)c2)no1. The Morgan fingerprint density at radius 1 is 1.12 bits per heavy atom. The van der Waals surface area contributed by atoms with Crippen LogP contribution in [0.5, 0.6) is 5.75 Å². The fraction of sp³-hybridized carbons (Fsp3) is 0.320. The van der Waals surface area contributed by atoms with Crippen molar-refractivity contribution < 1.29 is 18.8 Å². The lowest BCUT2D eigenvalue weighted by Gasteiger charge is -2.34. The molecule has 0 aliphatic carbocycles. The molecule has 9 nitrogen and oxygen atoms in total. The molecule has 34 heavy (non-hydrogen) atoms. The van der Waals surface area contributed by atoms with E-state index in [2.05, 4.69) is 33.4 Å². The third kappa shape index (κ3) is 5.04. The van der Waals surface area contributed by atoms with E-state index in [0.29, 0.717) is 28.3 Å². The van der Waals surface area contributed by atoms with E-state index in [4.69, 9.17) is 15.0 Å². The fourth-order valence-corrected chi connectivity index (χ4v) is 3.85. The number of nitrogens with one attached hydrogen (secondary N) is 1. The van der Waals surface area contributed by atoms with Crippen molar-refractivity contribution in [3.8, 4) is 28.3 Å². The summed E-state index contributed by atoms with van der Waals surface area (Å²) in [5.41, 5.74) is 8.82. The second-order valence-corrected chi connectivity index (χ2v) is 8.43. The number of likely N-dealkylation sites (N-methyl/N-ethyl adjacent to an activating group) is 1. The molecule has 2 heterocycles. The molecule has 1 aromatic heterocycles. The van der Waals surface area contributed by atoms with Crippen molar-refractivity contribution in [3.05, 3.63) is 54.1 Å². The number of ether oxygens (including phenoxy) is 1. The van der Waals surface area contributed by atoms with Crippen molar-refractivity contribution >= 4 is 17.5 Å². The molecule has 1 unspecified atom stereocenters. The molecule has 9 heteroatoms. The number of carbonyl (C=O) groups is 2. The van der Waals surface area contributed by atoms with Gasteiger partial charge in [-0.2, -0.15) is 0 Å². The van der Waals surface area contributed by atoms with Gasteiger partial charge in [0, 0.05) is 55.1 Å². The standard InChI is InChI=1S/C25H29N5O4/c1-16(24(26)31)27-25(32)18-6-4-5-17(13-18)21-15-23(34-28-21)20-8-7-19(14-22(20)33-3)30-11-9-29(2)10-12-30/h4-8,13-16H,9-12H2,1-3H3,(H2,26,31)(H,27,32). The summed E-state index contributed by atoms with van der Waals surface area (Å²) in [7, 11) is 3.77. The Morgan fingerprint density at radius 3 is 2.59 bits per heavy atom. The Balaban J connectivity index is 1.55. The fourth-order valence-electron chi connectivity index (χ4n) is 3.85. The second-order valence-electron chi connectivity index (χ2n) is 8.43. The lowest BCUT2D eigenvalue weighted by atomic mass is 10.1. The number of primary amides is 1. The van der Waals surface area contributed by atoms with Gasteiger partial charge in [-0.05, 0) is 38.2 Å². The predicted octanol–water partition coefficient (Wildman–Crippen LogP) is 2.37. The number of benzene rings is 2. The van der Waals surface area contributed by atoms with E-state index in [-0.39, 0.29) is 0 Å². The zero-order valence-corrected chi connectivity index (χ0v) is 19.6. The minimum absolute atomic E-state index is 0.391. The molecule has 0 radical (unpaired) electrons. The molecule has 1 atom stereocenters. The minimum Gasteiger partial charge on any atom is -0.496 e. The van der Waals surface area contributed by atoms with E-state index in [1.165, 1.54) is 6.92 Å². The highest BCUT2D eigenvalue weighted by molar-refractivity contribution is 5.98. The summed E-state index contributed by atoms with van der Waals surface area (Å²) in [5, 5.41) is 6.77. The van der Waals surface area contributed by atoms with Crippen LogP contribution in [0.4, 0.5) is 5.69 Å². The van der Waals surface area contributed by atoms with Gasteiger partial charge in [-0.25, -0.2) is 0 Å². The Labute approximate surface area is 198 Å². The largest absolute Gasteiger partial charge is 0.496 e. The van der Waals surface area contributed by atoms with Crippen LogP contribution >= 0.6 is 0 Å². The number of carbonyl (C=O) groups excluding carboxylic acids is 2. The molecule has 1 saturated heterocycles. The number of hydrogen-bond donors (Lipinski definition) is 2. The van der Waals surface area contributed by atoms with Gasteiger partial charge in [-0.3, -0.25) is 9.59 Å². The zero-order chi connectivity index (χ0) is 24.2. The van der Waals surface area contributed by atoms with Crippen LogP contribution in [0.2, 0.25) is 0 Å². The number of rotatable bonds is 7. The van der Waals surface area contributed by atoms with E-state index >= 15 is 0 Å². The first-order chi connectivity index (χ1) is 16.4.